The van der Waals surface area contributed by atoms with Gasteiger partial charge in [0.2, 0.25) is 0 Å². The highest BCUT2D eigenvalue weighted by atomic mass is 32.1. The zero-order valence-electron chi connectivity index (χ0n) is 24.7. The first-order chi connectivity index (χ1) is 22.3. The van der Waals surface area contributed by atoms with E-state index in [4.69, 9.17) is 4.74 Å². The standard InChI is InChI=1S/C34H30F3N5O2S2/c35-34(36,37)31(29-16-23-6-2-3-7-28(23)46-29)40-33(43)30-17-24(21-45-30)27-19-39-42-20-25(18-38-32(27)42)22-8-10-26(11-9-22)44-15-14-41-12-4-1-5-13-41/h2-3,6-11,16-21,31H,1,4-5,12-15H2,(H,40,43)/p+1. The number of H-pyrrole nitrogens is 1. The number of halogens is 3. The molecule has 5 heterocycles. The van der Waals surface area contributed by atoms with Crippen LogP contribution in [0.3, 0.4) is 0 Å². The van der Waals surface area contributed by atoms with Gasteiger partial charge in [-0.25, -0.2) is 5.10 Å². The largest absolute Gasteiger partial charge is 0.492 e. The fourth-order valence-corrected chi connectivity index (χ4v) is 7.71. The van der Waals surface area contributed by atoms with Crippen molar-refractivity contribution < 1.29 is 27.2 Å². The number of benzene rings is 2. The lowest BCUT2D eigenvalue weighted by atomic mass is 10.1. The molecule has 7 nitrogen and oxygen atoms in total. The molecular weight excluding hydrogens is 632 g/mol. The molecule has 4 aromatic heterocycles. The highest BCUT2D eigenvalue weighted by molar-refractivity contribution is 7.19. The predicted molar refractivity (Wildman–Crippen MR) is 174 cm³/mol. The molecule has 2 N–H and O–H groups in total. The van der Waals surface area contributed by atoms with Gasteiger partial charge in [0.05, 0.1) is 22.2 Å². The van der Waals surface area contributed by atoms with Crippen LogP contribution in [0.15, 0.2) is 84.6 Å². The zero-order valence-corrected chi connectivity index (χ0v) is 26.4. The van der Waals surface area contributed by atoms with Crippen molar-refractivity contribution in [1.82, 2.24) is 20.3 Å². The van der Waals surface area contributed by atoms with Gasteiger partial charge in [0.1, 0.15) is 18.6 Å². The lowest BCUT2D eigenvalue weighted by molar-refractivity contribution is -0.578. The van der Waals surface area contributed by atoms with Crippen LogP contribution in [0.5, 0.6) is 5.75 Å². The quantitative estimate of drug-likeness (QED) is 0.156. The molecule has 12 heteroatoms. The monoisotopic (exact) mass is 662 g/mol. The molecule has 0 aliphatic carbocycles. The van der Waals surface area contributed by atoms with E-state index in [0.29, 0.717) is 23.2 Å². The molecule has 7 rings (SSSR count). The number of aromatic nitrogens is 3. The van der Waals surface area contributed by atoms with E-state index in [2.05, 4.69) is 20.3 Å². The Hall–Kier alpha value is -4.26. The number of likely N-dealkylation sites (tertiary alicyclic amines) is 1. The molecule has 6 aromatic rings. The summed E-state index contributed by atoms with van der Waals surface area (Å²) < 4.78 is 50.7. The number of thiophene rings is 2. The summed E-state index contributed by atoms with van der Waals surface area (Å²) in [6.07, 6.45) is 4.67. The number of carbonyl (C=O) groups excluding carboxylic acids is 1. The number of fused-ring (bicyclic) bond motifs is 2. The van der Waals surface area contributed by atoms with Gasteiger partial charge in [-0.15, -0.1) is 27.2 Å². The lowest BCUT2D eigenvalue weighted by Gasteiger charge is -2.26. The van der Waals surface area contributed by atoms with Crippen molar-refractivity contribution in [2.75, 3.05) is 26.2 Å². The van der Waals surface area contributed by atoms with Crippen molar-refractivity contribution in [2.24, 2.45) is 0 Å². The van der Waals surface area contributed by atoms with Crippen LogP contribution in [-0.4, -0.2) is 53.3 Å². The van der Waals surface area contributed by atoms with Gasteiger partial charge >= 0.3 is 11.8 Å². The van der Waals surface area contributed by atoms with Gasteiger partial charge in [0.25, 0.3) is 5.91 Å². The van der Waals surface area contributed by atoms with Crippen LogP contribution in [0.2, 0.25) is 0 Å². The van der Waals surface area contributed by atoms with E-state index < -0.39 is 18.1 Å². The van der Waals surface area contributed by atoms with Crippen molar-refractivity contribution in [3.63, 3.8) is 0 Å². The van der Waals surface area contributed by atoms with Crippen LogP contribution in [0, 0.1) is 0 Å². The number of ether oxygens (including phenoxy) is 1. The molecular formula is C34H31F3N5O2S2+. The van der Waals surface area contributed by atoms with E-state index in [-0.39, 0.29) is 9.75 Å². The Labute approximate surface area is 271 Å². The van der Waals surface area contributed by atoms with Crippen molar-refractivity contribution in [3.8, 4) is 28.0 Å². The highest BCUT2D eigenvalue weighted by Crippen LogP contribution is 2.39. The number of hydrogen-bond donors (Lipinski definition) is 2. The molecule has 1 unspecified atom stereocenters. The normalized spacial score (nSPS) is 14.9. The summed E-state index contributed by atoms with van der Waals surface area (Å²) in [6, 6.07) is 16.0. The maximum absolute atomic E-state index is 14.1. The van der Waals surface area contributed by atoms with Gasteiger partial charge in [-0.1, -0.05) is 36.8 Å². The summed E-state index contributed by atoms with van der Waals surface area (Å²) in [6.45, 7) is 3.89. The summed E-state index contributed by atoms with van der Waals surface area (Å²) in [5.74, 6) is 0.0463. The molecule has 1 amide bonds. The van der Waals surface area contributed by atoms with Crippen molar-refractivity contribution in [1.29, 1.82) is 0 Å². The van der Waals surface area contributed by atoms with Crippen molar-refractivity contribution in [2.45, 2.75) is 31.5 Å². The van der Waals surface area contributed by atoms with E-state index in [0.717, 1.165) is 69.4 Å². The molecule has 0 spiro atoms. The van der Waals surface area contributed by atoms with Crippen LogP contribution in [0.4, 0.5) is 13.2 Å². The lowest BCUT2D eigenvalue weighted by Crippen LogP contribution is -2.37. The minimum atomic E-state index is -4.65. The van der Waals surface area contributed by atoms with Gasteiger partial charge in [0.15, 0.2) is 12.2 Å². The van der Waals surface area contributed by atoms with Gasteiger partial charge < -0.3 is 10.1 Å². The van der Waals surface area contributed by atoms with E-state index >= 15 is 0 Å². The summed E-state index contributed by atoms with van der Waals surface area (Å²) in [7, 11) is 0. The van der Waals surface area contributed by atoms with E-state index in [1.165, 1.54) is 25.3 Å². The average molecular weight is 663 g/mol. The summed E-state index contributed by atoms with van der Waals surface area (Å²) in [5.41, 5.74) is 3.93. The van der Waals surface area contributed by atoms with Crippen LogP contribution in [0.1, 0.15) is 39.9 Å². The zero-order chi connectivity index (χ0) is 31.7. The number of carbonyl (C=O) groups is 1. The Morgan fingerprint density at radius 3 is 2.63 bits per heavy atom. The molecule has 236 valence electrons. The smallest absolute Gasteiger partial charge is 0.413 e. The second-order valence-corrected chi connectivity index (χ2v) is 13.4. The van der Waals surface area contributed by atoms with E-state index in [1.807, 2.05) is 30.5 Å². The van der Waals surface area contributed by atoms with Crippen molar-refractivity contribution in [3.05, 3.63) is 94.4 Å². The fraction of sp³-hybridized carbons (Fsp3) is 0.265. The third-order valence-corrected chi connectivity index (χ3v) is 10.3. The molecule has 0 radical (unpaired) electrons. The Balaban J connectivity index is 1.03. The summed E-state index contributed by atoms with van der Waals surface area (Å²) >= 11 is 2.12. The third kappa shape index (κ3) is 6.51. The number of hydrogen-bond acceptors (Lipinski definition) is 6. The first-order valence-corrected chi connectivity index (χ1v) is 16.8. The predicted octanol–water partition coefficient (Wildman–Crippen LogP) is 7.66. The molecule has 1 fully saturated rings. The van der Waals surface area contributed by atoms with Gasteiger partial charge in [-0.05, 0) is 77.6 Å². The molecule has 0 bridgehead atoms. The second kappa shape index (κ2) is 12.9. The Kier molecular flexibility index (Phi) is 8.50. The fourth-order valence-electron chi connectivity index (χ4n) is 5.76. The molecule has 1 atom stereocenters. The minimum absolute atomic E-state index is 0.0434. The number of piperidine rings is 1. The van der Waals surface area contributed by atoms with Crippen LogP contribution in [0.25, 0.3) is 38.0 Å². The number of alkyl halides is 3. The number of aromatic amines is 1. The summed E-state index contributed by atoms with van der Waals surface area (Å²) in [5, 5.41) is 7.85. The van der Waals surface area contributed by atoms with Crippen LogP contribution >= 0.6 is 22.7 Å². The molecule has 1 aliphatic rings. The topological polar surface area (TPSA) is 74.3 Å². The molecule has 1 aliphatic heterocycles. The molecule has 2 aromatic carbocycles. The Morgan fingerprint density at radius 1 is 1.04 bits per heavy atom. The molecule has 1 saturated heterocycles. The maximum Gasteiger partial charge on any atom is 0.413 e. The third-order valence-electron chi connectivity index (χ3n) is 8.19. The second-order valence-electron chi connectivity index (χ2n) is 11.3. The molecule has 46 heavy (non-hydrogen) atoms. The Morgan fingerprint density at radius 2 is 1.85 bits per heavy atom. The SMILES string of the molecule is O=C(NC(c1cc2ccccc2s1)C(F)(F)F)c1cc(-c2c[nH][n+]3cc(-c4ccc(OCCN5CCCCC5)cc4)cnc23)cs1. The van der Waals surface area contributed by atoms with Crippen LogP contribution < -0.4 is 14.6 Å². The maximum atomic E-state index is 14.1. The number of nitrogens with one attached hydrogen (secondary N) is 2. The van der Waals surface area contributed by atoms with Gasteiger partial charge in [0, 0.05) is 21.7 Å². The first-order valence-electron chi connectivity index (χ1n) is 15.1. The molecule has 0 saturated carbocycles. The number of rotatable bonds is 9. The van der Waals surface area contributed by atoms with Crippen LogP contribution in [-0.2, 0) is 0 Å². The highest BCUT2D eigenvalue weighted by Gasteiger charge is 2.43. The van der Waals surface area contributed by atoms with Gasteiger partial charge in [-0.3, -0.25) is 9.69 Å². The average Bonchev–Trinajstić information content (AvgIpc) is 3.82. The number of nitrogens with zero attached hydrogens (tertiary/aromatic N) is 3. The van der Waals surface area contributed by atoms with Gasteiger partial charge in [-0.2, -0.15) is 13.2 Å². The van der Waals surface area contributed by atoms with Crippen molar-refractivity contribution >= 4 is 44.3 Å². The van der Waals surface area contributed by atoms with E-state index in [9.17, 15) is 18.0 Å². The van der Waals surface area contributed by atoms with E-state index in [1.54, 1.807) is 52.6 Å². The number of amides is 1. The first kappa shape index (κ1) is 30.4. The Bertz CT molecular complexity index is 1940. The minimum Gasteiger partial charge on any atom is -0.492 e. The summed E-state index contributed by atoms with van der Waals surface area (Å²) in [4.78, 5) is 20.4.